The lowest BCUT2D eigenvalue weighted by Crippen LogP contribution is -2.34. The van der Waals surface area contributed by atoms with Gasteiger partial charge < -0.3 is 4.74 Å². The number of amides is 1. The van der Waals surface area contributed by atoms with E-state index in [0.717, 1.165) is 10.4 Å². The lowest BCUT2D eigenvalue weighted by Gasteiger charge is -2.21. The second-order valence-corrected chi connectivity index (χ2v) is 6.81. The Labute approximate surface area is 151 Å². The van der Waals surface area contributed by atoms with Crippen LogP contribution in [0.1, 0.15) is 16.0 Å². The van der Waals surface area contributed by atoms with Gasteiger partial charge in [0.15, 0.2) is 6.61 Å². The fourth-order valence-corrected chi connectivity index (χ4v) is 3.09. The Hall–Kier alpha value is -2.66. The number of anilines is 1. The number of aryl methyl sites for hydroxylation is 2. The normalized spacial score (nSPS) is 10.5. The van der Waals surface area contributed by atoms with E-state index in [1.807, 2.05) is 67.8 Å². The van der Waals surface area contributed by atoms with Crippen LogP contribution in [0.25, 0.3) is 0 Å². The molecule has 0 bridgehead atoms. The van der Waals surface area contributed by atoms with Crippen LogP contribution in [0.3, 0.4) is 0 Å². The molecular weight excluding hydrogens is 332 g/mol. The summed E-state index contributed by atoms with van der Waals surface area (Å²) in [4.78, 5) is 19.8. The minimum Gasteiger partial charge on any atom is -0.484 e. The molecule has 2 aromatic heterocycles. The van der Waals surface area contributed by atoms with Crippen LogP contribution in [-0.2, 0) is 11.3 Å². The Morgan fingerprint density at radius 3 is 2.68 bits per heavy atom. The van der Waals surface area contributed by atoms with Crippen LogP contribution < -0.4 is 9.64 Å². The molecule has 2 heterocycles. The first-order valence-corrected chi connectivity index (χ1v) is 8.95. The lowest BCUT2D eigenvalue weighted by atomic mass is 10.1. The molecule has 0 aliphatic heterocycles. The minimum absolute atomic E-state index is 0.0234. The average molecular weight is 352 g/mol. The van der Waals surface area contributed by atoms with Gasteiger partial charge in [-0.1, -0.05) is 18.2 Å². The predicted molar refractivity (Wildman–Crippen MR) is 101 cm³/mol. The topological polar surface area (TPSA) is 42.4 Å². The van der Waals surface area contributed by atoms with Crippen LogP contribution in [0.4, 0.5) is 5.82 Å². The molecule has 0 aliphatic carbocycles. The molecule has 0 radical (unpaired) electrons. The minimum atomic E-state index is -0.120. The molecule has 1 aromatic carbocycles. The third-order valence-electron chi connectivity index (χ3n) is 3.96. The van der Waals surface area contributed by atoms with Gasteiger partial charge in [0, 0.05) is 11.1 Å². The molecule has 3 rings (SSSR count). The molecule has 25 heavy (non-hydrogen) atoms. The summed E-state index contributed by atoms with van der Waals surface area (Å²) >= 11 is 1.62. The molecule has 0 atom stereocenters. The van der Waals surface area contributed by atoms with Gasteiger partial charge in [-0.15, -0.1) is 11.3 Å². The monoisotopic (exact) mass is 352 g/mol. The van der Waals surface area contributed by atoms with Crippen molar-refractivity contribution in [3.63, 3.8) is 0 Å². The number of hydrogen-bond acceptors (Lipinski definition) is 4. The zero-order chi connectivity index (χ0) is 17.6. The summed E-state index contributed by atoms with van der Waals surface area (Å²) in [6.45, 7) is 4.54. The number of pyridine rings is 1. The first-order chi connectivity index (χ1) is 12.1. The Morgan fingerprint density at radius 1 is 1.12 bits per heavy atom. The summed E-state index contributed by atoms with van der Waals surface area (Å²) in [6.07, 6.45) is 1.69. The van der Waals surface area contributed by atoms with Crippen LogP contribution in [0.15, 0.2) is 60.1 Å². The molecule has 0 unspecified atom stereocenters. The van der Waals surface area contributed by atoms with E-state index in [1.54, 1.807) is 22.4 Å². The smallest absolute Gasteiger partial charge is 0.266 e. The molecule has 0 saturated carbocycles. The Kier molecular flexibility index (Phi) is 5.46. The van der Waals surface area contributed by atoms with Crippen molar-refractivity contribution in [2.24, 2.45) is 0 Å². The molecule has 0 N–H and O–H groups in total. The lowest BCUT2D eigenvalue weighted by molar-refractivity contribution is -0.120. The van der Waals surface area contributed by atoms with Gasteiger partial charge >= 0.3 is 0 Å². The van der Waals surface area contributed by atoms with E-state index >= 15 is 0 Å². The first kappa shape index (κ1) is 17.2. The van der Waals surface area contributed by atoms with E-state index in [2.05, 4.69) is 4.98 Å². The number of carbonyl (C=O) groups excluding carboxylic acids is 1. The van der Waals surface area contributed by atoms with Crippen molar-refractivity contribution in [2.75, 3.05) is 11.5 Å². The van der Waals surface area contributed by atoms with E-state index < -0.39 is 0 Å². The largest absolute Gasteiger partial charge is 0.484 e. The number of carbonyl (C=O) groups is 1. The summed E-state index contributed by atoms with van der Waals surface area (Å²) in [7, 11) is 0. The van der Waals surface area contributed by atoms with Crippen molar-refractivity contribution >= 4 is 23.1 Å². The average Bonchev–Trinajstić information content (AvgIpc) is 3.14. The SMILES string of the molecule is Cc1ccc(OCC(=O)N(Cc2cccs2)c2ccccn2)cc1C. The molecule has 5 heteroatoms. The molecule has 0 fully saturated rings. The molecule has 3 aromatic rings. The quantitative estimate of drug-likeness (QED) is 0.661. The number of hydrogen-bond donors (Lipinski definition) is 0. The van der Waals surface area contributed by atoms with Crippen LogP contribution >= 0.6 is 11.3 Å². The van der Waals surface area contributed by atoms with Gasteiger partial charge in [0.1, 0.15) is 11.6 Å². The number of rotatable bonds is 6. The van der Waals surface area contributed by atoms with Crippen LogP contribution in [-0.4, -0.2) is 17.5 Å². The van der Waals surface area contributed by atoms with Gasteiger partial charge in [0.05, 0.1) is 6.54 Å². The van der Waals surface area contributed by atoms with Crippen LogP contribution in [0, 0.1) is 13.8 Å². The molecule has 0 spiro atoms. The molecule has 1 amide bonds. The molecule has 0 aliphatic rings. The maximum absolute atomic E-state index is 12.8. The van der Waals surface area contributed by atoms with E-state index in [1.165, 1.54) is 5.56 Å². The van der Waals surface area contributed by atoms with Gasteiger partial charge in [-0.2, -0.15) is 0 Å². The third kappa shape index (κ3) is 4.45. The highest BCUT2D eigenvalue weighted by molar-refractivity contribution is 7.09. The van der Waals surface area contributed by atoms with Crippen molar-refractivity contribution < 1.29 is 9.53 Å². The maximum atomic E-state index is 12.8. The fourth-order valence-electron chi connectivity index (χ4n) is 2.40. The highest BCUT2D eigenvalue weighted by Crippen LogP contribution is 2.19. The number of nitrogens with zero attached hydrogens (tertiary/aromatic N) is 2. The summed E-state index contributed by atoms with van der Waals surface area (Å²) in [5, 5.41) is 2.00. The number of ether oxygens (including phenoxy) is 1. The van der Waals surface area contributed by atoms with Crippen molar-refractivity contribution in [1.82, 2.24) is 4.98 Å². The van der Waals surface area contributed by atoms with Crippen molar-refractivity contribution in [3.8, 4) is 5.75 Å². The zero-order valence-electron chi connectivity index (χ0n) is 14.3. The van der Waals surface area contributed by atoms with Crippen molar-refractivity contribution in [2.45, 2.75) is 20.4 Å². The third-order valence-corrected chi connectivity index (χ3v) is 4.82. The molecule has 128 valence electrons. The standard InChI is InChI=1S/C20H20N2O2S/c1-15-8-9-17(12-16(15)2)24-14-20(23)22(13-18-6-5-11-25-18)19-7-3-4-10-21-19/h3-12H,13-14H2,1-2H3. The van der Waals surface area contributed by atoms with E-state index in [4.69, 9.17) is 4.74 Å². The van der Waals surface area contributed by atoms with Crippen molar-refractivity contribution in [3.05, 3.63) is 76.1 Å². The molecule has 4 nitrogen and oxygen atoms in total. The first-order valence-electron chi connectivity index (χ1n) is 8.07. The zero-order valence-corrected chi connectivity index (χ0v) is 15.1. The highest BCUT2D eigenvalue weighted by Gasteiger charge is 2.18. The predicted octanol–water partition coefficient (Wildman–Crippen LogP) is 4.37. The molecular formula is C20H20N2O2S. The summed E-state index contributed by atoms with van der Waals surface area (Å²) < 4.78 is 5.71. The van der Waals surface area contributed by atoms with Gasteiger partial charge in [-0.25, -0.2) is 4.98 Å². The fraction of sp³-hybridized carbons (Fsp3) is 0.200. The Bertz CT molecular complexity index is 832. The van der Waals surface area contributed by atoms with Crippen molar-refractivity contribution in [1.29, 1.82) is 0 Å². The van der Waals surface area contributed by atoms with Gasteiger partial charge in [0.25, 0.3) is 5.91 Å². The molecule has 0 saturated heterocycles. The Balaban J connectivity index is 1.73. The second kappa shape index (κ2) is 7.94. The summed E-state index contributed by atoms with van der Waals surface area (Å²) in [5.74, 6) is 1.21. The second-order valence-electron chi connectivity index (χ2n) is 5.78. The van der Waals surface area contributed by atoms with Gasteiger partial charge in [0.2, 0.25) is 0 Å². The van der Waals surface area contributed by atoms with Gasteiger partial charge in [-0.05, 0) is 60.7 Å². The number of aromatic nitrogens is 1. The van der Waals surface area contributed by atoms with E-state index in [9.17, 15) is 4.79 Å². The Morgan fingerprint density at radius 2 is 2.00 bits per heavy atom. The maximum Gasteiger partial charge on any atom is 0.266 e. The summed E-state index contributed by atoms with van der Waals surface area (Å²) in [6, 6.07) is 15.4. The van der Waals surface area contributed by atoms with Crippen LogP contribution in [0.2, 0.25) is 0 Å². The van der Waals surface area contributed by atoms with Gasteiger partial charge in [-0.3, -0.25) is 9.69 Å². The van der Waals surface area contributed by atoms with E-state index in [0.29, 0.717) is 18.1 Å². The van der Waals surface area contributed by atoms with E-state index in [-0.39, 0.29) is 12.5 Å². The van der Waals surface area contributed by atoms with Crippen LogP contribution in [0.5, 0.6) is 5.75 Å². The summed E-state index contributed by atoms with van der Waals surface area (Å²) in [5.41, 5.74) is 2.34. The highest BCUT2D eigenvalue weighted by atomic mass is 32.1. The number of benzene rings is 1. The number of thiophene rings is 1.